The Bertz CT molecular complexity index is 791. The molecule has 1 unspecified atom stereocenters. The number of fused-ring (bicyclic) bond motifs is 1. The van der Waals surface area contributed by atoms with Crippen molar-refractivity contribution in [3.8, 4) is 0 Å². The lowest BCUT2D eigenvalue weighted by molar-refractivity contribution is -0.134. The van der Waals surface area contributed by atoms with E-state index in [1.807, 2.05) is 29.2 Å². The molecule has 134 valence electrons. The molecule has 5 nitrogen and oxygen atoms in total. The Labute approximate surface area is 148 Å². The van der Waals surface area contributed by atoms with Crippen LogP contribution in [0, 0.1) is 5.92 Å². The summed E-state index contributed by atoms with van der Waals surface area (Å²) >= 11 is 0. The van der Waals surface area contributed by atoms with Crippen LogP contribution in [0.4, 0.5) is 0 Å². The highest BCUT2D eigenvalue weighted by Crippen LogP contribution is 2.45. The molecule has 5 heteroatoms. The number of amides is 1. The van der Waals surface area contributed by atoms with E-state index in [2.05, 4.69) is 18.4 Å². The minimum absolute atomic E-state index is 0.138. The summed E-state index contributed by atoms with van der Waals surface area (Å²) in [5.74, 6) is 1.61. The van der Waals surface area contributed by atoms with Crippen molar-refractivity contribution in [3.05, 3.63) is 30.1 Å². The molecule has 4 rings (SSSR count). The van der Waals surface area contributed by atoms with Crippen molar-refractivity contribution in [3.63, 3.8) is 0 Å². The second-order valence-electron chi connectivity index (χ2n) is 7.98. The summed E-state index contributed by atoms with van der Waals surface area (Å²) in [6, 6.07) is 8.01. The maximum Gasteiger partial charge on any atom is 0.242 e. The molecule has 0 bridgehead atoms. The molecule has 1 saturated carbocycles. The average Bonchev–Trinajstić information content (AvgIpc) is 3.26. The molecule has 1 aliphatic heterocycles. The lowest BCUT2D eigenvalue weighted by Crippen LogP contribution is -2.45. The van der Waals surface area contributed by atoms with Gasteiger partial charge in [0.05, 0.1) is 16.6 Å². The van der Waals surface area contributed by atoms with Crippen LogP contribution in [-0.4, -0.2) is 44.2 Å². The molecule has 1 atom stereocenters. The van der Waals surface area contributed by atoms with Crippen LogP contribution in [0.15, 0.2) is 24.3 Å². The maximum absolute atomic E-state index is 13.0. The molecule has 1 aromatic heterocycles. The first-order chi connectivity index (χ1) is 12.0. The predicted molar refractivity (Wildman–Crippen MR) is 97.3 cm³/mol. The standard InChI is InChI=1S/C20H27N3O2/c1-14(2)19-21-16-7-3-4-8-17(16)23(19)13-18(24)22-11-5-6-15(12-22)20(25)9-10-20/h3-4,7-8,14-15,25H,5-6,9-13H2,1-2H3. The van der Waals surface area contributed by atoms with Crippen molar-refractivity contribution in [2.24, 2.45) is 5.92 Å². The molecule has 2 fully saturated rings. The van der Waals surface area contributed by atoms with Gasteiger partial charge in [0, 0.05) is 24.9 Å². The minimum atomic E-state index is -0.496. The van der Waals surface area contributed by atoms with Gasteiger partial charge in [0.15, 0.2) is 0 Å². The number of para-hydroxylation sites is 2. The largest absolute Gasteiger partial charge is 0.390 e. The van der Waals surface area contributed by atoms with Gasteiger partial charge in [-0.15, -0.1) is 0 Å². The van der Waals surface area contributed by atoms with E-state index < -0.39 is 5.60 Å². The molecule has 1 aromatic carbocycles. The van der Waals surface area contributed by atoms with Crippen LogP contribution in [0.2, 0.25) is 0 Å². The molecule has 0 radical (unpaired) electrons. The van der Waals surface area contributed by atoms with Crippen LogP contribution in [0.3, 0.4) is 0 Å². The zero-order valence-corrected chi connectivity index (χ0v) is 15.1. The first-order valence-corrected chi connectivity index (χ1v) is 9.43. The first-order valence-electron chi connectivity index (χ1n) is 9.43. The number of likely N-dealkylation sites (tertiary alicyclic amines) is 1. The van der Waals surface area contributed by atoms with Gasteiger partial charge in [0.2, 0.25) is 5.91 Å². The van der Waals surface area contributed by atoms with Gasteiger partial charge in [-0.3, -0.25) is 4.79 Å². The van der Waals surface area contributed by atoms with Gasteiger partial charge in [0.25, 0.3) is 0 Å². The molecule has 25 heavy (non-hydrogen) atoms. The molecule has 1 aliphatic carbocycles. The second-order valence-corrected chi connectivity index (χ2v) is 7.98. The number of aromatic nitrogens is 2. The number of benzene rings is 1. The molecule has 2 heterocycles. The van der Waals surface area contributed by atoms with E-state index in [1.165, 1.54) is 0 Å². The summed E-state index contributed by atoms with van der Waals surface area (Å²) < 4.78 is 2.07. The zero-order chi connectivity index (χ0) is 17.6. The van der Waals surface area contributed by atoms with Crippen LogP contribution in [0.5, 0.6) is 0 Å². The fraction of sp³-hybridized carbons (Fsp3) is 0.600. The van der Waals surface area contributed by atoms with E-state index >= 15 is 0 Å². The normalized spacial score (nSPS) is 22.6. The Morgan fingerprint density at radius 2 is 2.12 bits per heavy atom. The lowest BCUT2D eigenvalue weighted by atomic mass is 9.90. The Hall–Kier alpha value is -1.88. The quantitative estimate of drug-likeness (QED) is 0.930. The number of nitrogens with zero attached hydrogens (tertiary/aromatic N) is 3. The fourth-order valence-electron chi connectivity index (χ4n) is 4.11. The highest BCUT2D eigenvalue weighted by Gasteiger charge is 2.49. The van der Waals surface area contributed by atoms with Crippen molar-refractivity contribution >= 4 is 16.9 Å². The van der Waals surface area contributed by atoms with Crippen molar-refractivity contribution < 1.29 is 9.90 Å². The van der Waals surface area contributed by atoms with Crippen LogP contribution in [-0.2, 0) is 11.3 Å². The fourth-order valence-corrected chi connectivity index (χ4v) is 4.11. The van der Waals surface area contributed by atoms with Crippen molar-refractivity contribution in [1.82, 2.24) is 14.5 Å². The number of carbonyl (C=O) groups excluding carboxylic acids is 1. The summed E-state index contributed by atoms with van der Waals surface area (Å²) in [6.45, 7) is 6.05. The van der Waals surface area contributed by atoms with E-state index in [0.29, 0.717) is 13.1 Å². The molecule has 2 aliphatic rings. The van der Waals surface area contributed by atoms with Gasteiger partial charge >= 0.3 is 0 Å². The highest BCUT2D eigenvalue weighted by atomic mass is 16.3. The number of hydrogen-bond acceptors (Lipinski definition) is 3. The van der Waals surface area contributed by atoms with Gasteiger partial charge in [-0.1, -0.05) is 26.0 Å². The highest BCUT2D eigenvalue weighted by molar-refractivity contribution is 5.81. The lowest BCUT2D eigenvalue weighted by Gasteiger charge is -2.35. The van der Waals surface area contributed by atoms with E-state index in [9.17, 15) is 9.90 Å². The van der Waals surface area contributed by atoms with Crippen LogP contribution in [0.1, 0.15) is 51.3 Å². The minimum Gasteiger partial charge on any atom is -0.390 e. The molecule has 2 aromatic rings. The van der Waals surface area contributed by atoms with E-state index in [0.717, 1.165) is 49.1 Å². The van der Waals surface area contributed by atoms with Crippen LogP contribution < -0.4 is 0 Å². The van der Waals surface area contributed by atoms with E-state index in [1.54, 1.807) is 0 Å². The van der Waals surface area contributed by atoms with E-state index in [4.69, 9.17) is 4.98 Å². The number of piperidine rings is 1. The SMILES string of the molecule is CC(C)c1nc2ccccc2n1CC(=O)N1CCCC(C2(O)CC2)C1. The third kappa shape index (κ3) is 3.06. The first kappa shape index (κ1) is 16.6. The number of hydrogen-bond donors (Lipinski definition) is 1. The van der Waals surface area contributed by atoms with Crippen molar-refractivity contribution in [2.45, 2.75) is 57.6 Å². The van der Waals surface area contributed by atoms with Gasteiger partial charge in [-0.25, -0.2) is 4.98 Å². The van der Waals surface area contributed by atoms with Gasteiger partial charge in [-0.2, -0.15) is 0 Å². The molecule has 1 amide bonds. The molecule has 1 N–H and O–H groups in total. The summed E-state index contributed by atoms with van der Waals surface area (Å²) in [5, 5.41) is 10.4. The van der Waals surface area contributed by atoms with Crippen LogP contribution >= 0.6 is 0 Å². The maximum atomic E-state index is 13.0. The Balaban J connectivity index is 1.56. The number of carbonyl (C=O) groups is 1. The zero-order valence-electron chi connectivity index (χ0n) is 15.1. The third-order valence-corrected chi connectivity index (χ3v) is 5.79. The molecular weight excluding hydrogens is 314 g/mol. The summed E-state index contributed by atoms with van der Waals surface area (Å²) in [4.78, 5) is 19.6. The summed E-state index contributed by atoms with van der Waals surface area (Å²) in [5.41, 5.74) is 1.47. The number of imidazole rings is 1. The Kier molecular flexibility index (Phi) is 4.07. The van der Waals surface area contributed by atoms with Gasteiger partial charge < -0.3 is 14.6 Å². The molecule has 0 spiro atoms. The average molecular weight is 341 g/mol. The topological polar surface area (TPSA) is 58.4 Å². The predicted octanol–water partition coefficient (Wildman–Crippen LogP) is 2.92. The Morgan fingerprint density at radius 1 is 1.36 bits per heavy atom. The smallest absolute Gasteiger partial charge is 0.242 e. The van der Waals surface area contributed by atoms with Crippen LogP contribution in [0.25, 0.3) is 11.0 Å². The van der Waals surface area contributed by atoms with Gasteiger partial charge in [0.1, 0.15) is 12.4 Å². The second kappa shape index (κ2) is 6.13. The third-order valence-electron chi connectivity index (χ3n) is 5.79. The van der Waals surface area contributed by atoms with Gasteiger partial charge in [-0.05, 0) is 37.8 Å². The summed E-state index contributed by atoms with van der Waals surface area (Å²) in [7, 11) is 0. The molecule has 1 saturated heterocycles. The monoisotopic (exact) mass is 341 g/mol. The van der Waals surface area contributed by atoms with E-state index in [-0.39, 0.29) is 17.7 Å². The Morgan fingerprint density at radius 3 is 2.84 bits per heavy atom. The number of aliphatic hydroxyl groups is 1. The summed E-state index contributed by atoms with van der Waals surface area (Å²) in [6.07, 6.45) is 3.80. The molecular formula is C20H27N3O2. The van der Waals surface area contributed by atoms with Crippen molar-refractivity contribution in [2.75, 3.05) is 13.1 Å². The number of rotatable bonds is 4. The van der Waals surface area contributed by atoms with Crippen molar-refractivity contribution in [1.29, 1.82) is 0 Å².